The highest BCUT2D eigenvalue weighted by molar-refractivity contribution is 7.99. The number of para-hydroxylation sites is 1. The monoisotopic (exact) mass is 412 g/mol. The van der Waals surface area contributed by atoms with Crippen LogP contribution < -0.4 is 10.7 Å². The van der Waals surface area contributed by atoms with Crippen LogP contribution in [0.5, 0.6) is 5.75 Å². The van der Waals surface area contributed by atoms with Gasteiger partial charge in [0.2, 0.25) is 17.0 Å². The fourth-order valence-corrected chi connectivity index (χ4v) is 2.97. The van der Waals surface area contributed by atoms with Gasteiger partial charge in [0.1, 0.15) is 11.5 Å². The first-order valence-electron chi connectivity index (χ1n) is 8.71. The number of carbonyl (C=O) groups excluding carboxylic acids is 1. The smallest absolute Gasteiger partial charge is 0.240 e. The van der Waals surface area contributed by atoms with E-state index in [1.807, 2.05) is 12.1 Å². The molecule has 0 spiro atoms. The van der Waals surface area contributed by atoms with Gasteiger partial charge in [-0.3, -0.25) is 4.79 Å². The number of rotatable bonds is 10. The molecule has 9 nitrogen and oxygen atoms in total. The van der Waals surface area contributed by atoms with Gasteiger partial charge in [0.15, 0.2) is 0 Å². The van der Waals surface area contributed by atoms with Crippen molar-refractivity contribution in [3.05, 3.63) is 66.1 Å². The summed E-state index contributed by atoms with van der Waals surface area (Å²) in [5.74, 6) is 1.18. The van der Waals surface area contributed by atoms with E-state index < -0.39 is 0 Å². The SMILES string of the molecule is C=CCc1cccc(/C=N/Nc2nc(SCC(=O)NCc3ccco3)n[nH]2)c1O. The number of nitrogens with one attached hydrogen (secondary N) is 3. The Morgan fingerprint density at radius 1 is 1.38 bits per heavy atom. The van der Waals surface area contributed by atoms with E-state index in [1.165, 1.54) is 18.0 Å². The van der Waals surface area contributed by atoms with Gasteiger partial charge >= 0.3 is 0 Å². The molecule has 0 unspecified atom stereocenters. The molecule has 0 radical (unpaired) electrons. The molecule has 0 atom stereocenters. The maximum absolute atomic E-state index is 11.8. The van der Waals surface area contributed by atoms with E-state index in [9.17, 15) is 9.90 Å². The average molecular weight is 412 g/mol. The number of allylic oxidation sites excluding steroid dienone is 1. The number of hydrazone groups is 1. The lowest BCUT2D eigenvalue weighted by molar-refractivity contribution is -0.118. The van der Waals surface area contributed by atoms with Gasteiger partial charge in [-0.05, 0) is 30.2 Å². The predicted octanol–water partition coefficient (Wildman–Crippen LogP) is 2.69. The Labute approximate surface area is 171 Å². The van der Waals surface area contributed by atoms with Gasteiger partial charge in [-0.25, -0.2) is 10.5 Å². The number of H-pyrrole nitrogens is 1. The number of nitrogens with zero attached hydrogens (tertiary/aromatic N) is 3. The maximum Gasteiger partial charge on any atom is 0.240 e. The molecule has 2 heterocycles. The number of furan rings is 1. The third-order valence-electron chi connectivity index (χ3n) is 3.73. The summed E-state index contributed by atoms with van der Waals surface area (Å²) in [6.45, 7) is 4.01. The van der Waals surface area contributed by atoms with E-state index in [0.717, 1.165) is 5.56 Å². The van der Waals surface area contributed by atoms with Crippen molar-refractivity contribution in [1.29, 1.82) is 0 Å². The normalized spacial score (nSPS) is 10.9. The standard InChI is InChI=1S/C19H20N6O3S/c1-2-5-13-6-3-7-14(17(13)27)10-21-23-18-22-19(25-24-18)29-12-16(26)20-11-15-8-4-9-28-15/h2-4,6-10,27H,1,5,11-12H2,(H,20,26)(H2,22,23,24,25)/b21-10+. The molecule has 0 saturated heterocycles. The molecule has 0 saturated carbocycles. The van der Waals surface area contributed by atoms with Crippen LogP contribution in [0.4, 0.5) is 5.95 Å². The predicted molar refractivity (Wildman–Crippen MR) is 111 cm³/mol. The largest absolute Gasteiger partial charge is 0.507 e. The Kier molecular flexibility index (Phi) is 7.06. The number of phenolic OH excluding ortho intramolecular Hbond substituents is 1. The molecular weight excluding hydrogens is 392 g/mol. The summed E-state index contributed by atoms with van der Waals surface area (Å²) in [5.41, 5.74) is 4.05. The molecule has 1 aromatic carbocycles. The first kappa shape index (κ1) is 20.2. The summed E-state index contributed by atoms with van der Waals surface area (Å²) in [6.07, 6.45) is 5.33. The minimum atomic E-state index is -0.154. The molecule has 0 fully saturated rings. The Morgan fingerprint density at radius 2 is 2.28 bits per heavy atom. The van der Waals surface area contributed by atoms with Gasteiger partial charge in [-0.2, -0.15) is 10.1 Å². The van der Waals surface area contributed by atoms with E-state index in [-0.39, 0.29) is 17.4 Å². The summed E-state index contributed by atoms with van der Waals surface area (Å²) in [6, 6.07) is 8.96. The lowest BCUT2D eigenvalue weighted by Gasteiger charge is -2.04. The minimum absolute atomic E-state index is 0.154. The van der Waals surface area contributed by atoms with Gasteiger partial charge in [0.25, 0.3) is 0 Å². The molecule has 4 N–H and O–H groups in total. The Hall–Kier alpha value is -3.53. The molecule has 2 aromatic heterocycles. The van der Waals surface area contributed by atoms with E-state index in [4.69, 9.17) is 4.42 Å². The molecule has 0 aliphatic heterocycles. The van der Waals surface area contributed by atoms with Gasteiger partial charge in [0, 0.05) is 5.56 Å². The van der Waals surface area contributed by atoms with Gasteiger partial charge in [-0.1, -0.05) is 30.0 Å². The summed E-state index contributed by atoms with van der Waals surface area (Å²) < 4.78 is 5.15. The number of aromatic amines is 1. The van der Waals surface area contributed by atoms with Gasteiger partial charge in [-0.15, -0.1) is 11.7 Å². The van der Waals surface area contributed by atoms with Crippen molar-refractivity contribution in [3.63, 3.8) is 0 Å². The van der Waals surface area contributed by atoms with E-state index in [0.29, 0.717) is 35.4 Å². The second-order valence-electron chi connectivity index (χ2n) is 5.83. The Balaban J connectivity index is 1.46. The minimum Gasteiger partial charge on any atom is -0.507 e. The van der Waals surface area contributed by atoms with Crippen LogP contribution in [0.2, 0.25) is 0 Å². The van der Waals surface area contributed by atoms with E-state index >= 15 is 0 Å². The molecule has 0 bridgehead atoms. The highest BCUT2D eigenvalue weighted by Gasteiger charge is 2.08. The van der Waals surface area contributed by atoms with Gasteiger partial charge < -0.3 is 14.8 Å². The van der Waals surface area contributed by atoms with Crippen molar-refractivity contribution in [1.82, 2.24) is 20.5 Å². The number of benzene rings is 1. The lowest BCUT2D eigenvalue weighted by atomic mass is 10.1. The average Bonchev–Trinajstić information content (AvgIpc) is 3.40. The summed E-state index contributed by atoms with van der Waals surface area (Å²) in [7, 11) is 0. The Morgan fingerprint density at radius 3 is 3.07 bits per heavy atom. The highest BCUT2D eigenvalue weighted by Crippen LogP contribution is 2.21. The van der Waals surface area contributed by atoms with Crippen LogP contribution in [-0.4, -0.2) is 38.2 Å². The zero-order valence-corrected chi connectivity index (χ0v) is 16.3. The molecule has 29 heavy (non-hydrogen) atoms. The molecule has 0 aliphatic carbocycles. The second kappa shape index (κ2) is 10.1. The van der Waals surface area contributed by atoms with Crippen molar-refractivity contribution in [2.24, 2.45) is 5.10 Å². The molecular formula is C19H20N6O3S. The number of thioether (sulfide) groups is 1. The van der Waals surface area contributed by atoms with Crippen LogP contribution >= 0.6 is 11.8 Å². The number of carbonyl (C=O) groups is 1. The third kappa shape index (κ3) is 5.98. The van der Waals surface area contributed by atoms with Crippen molar-refractivity contribution < 1.29 is 14.3 Å². The Bertz CT molecular complexity index is 984. The first-order valence-corrected chi connectivity index (χ1v) is 9.69. The van der Waals surface area contributed by atoms with Gasteiger partial charge in [0.05, 0.1) is 24.8 Å². The molecule has 150 valence electrons. The second-order valence-corrected chi connectivity index (χ2v) is 6.77. The van der Waals surface area contributed by atoms with E-state index in [1.54, 1.807) is 30.5 Å². The van der Waals surface area contributed by atoms with Crippen LogP contribution in [0.3, 0.4) is 0 Å². The van der Waals surface area contributed by atoms with Crippen LogP contribution in [0.25, 0.3) is 0 Å². The molecule has 0 aliphatic rings. The van der Waals surface area contributed by atoms with Crippen LogP contribution in [-0.2, 0) is 17.8 Å². The summed E-state index contributed by atoms with van der Waals surface area (Å²) in [5, 5.41) is 24.1. The molecule has 10 heteroatoms. The number of hydrogen-bond acceptors (Lipinski definition) is 8. The third-order valence-corrected chi connectivity index (χ3v) is 4.57. The fourth-order valence-electron chi connectivity index (χ4n) is 2.34. The molecule has 3 aromatic rings. The van der Waals surface area contributed by atoms with Crippen LogP contribution in [0.1, 0.15) is 16.9 Å². The number of hydrogen-bond donors (Lipinski definition) is 4. The van der Waals surface area contributed by atoms with Crippen molar-refractivity contribution in [3.8, 4) is 5.75 Å². The number of aromatic nitrogens is 3. The summed E-state index contributed by atoms with van der Waals surface area (Å²) in [4.78, 5) is 16.0. The number of anilines is 1. The number of phenols is 1. The summed E-state index contributed by atoms with van der Waals surface area (Å²) >= 11 is 1.19. The maximum atomic E-state index is 11.8. The zero-order chi connectivity index (χ0) is 20.5. The lowest BCUT2D eigenvalue weighted by Crippen LogP contribution is -2.24. The number of aromatic hydroxyl groups is 1. The van der Waals surface area contributed by atoms with Crippen LogP contribution in [0, 0.1) is 0 Å². The zero-order valence-electron chi connectivity index (χ0n) is 15.5. The van der Waals surface area contributed by atoms with Crippen molar-refractivity contribution >= 4 is 29.8 Å². The van der Waals surface area contributed by atoms with Crippen molar-refractivity contribution in [2.45, 2.75) is 18.1 Å². The quantitative estimate of drug-likeness (QED) is 0.174. The van der Waals surface area contributed by atoms with E-state index in [2.05, 4.69) is 37.6 Å². The molecule has 1 amide bonds. The molecule has 3 rings (SSSR count). The highest BCUT2D eigenvalue weighted by atomic mass is 32.2. The topological polar surface area (TPSA) is 128 Å². The first-order chi connectivity index (χ1) is 14.2. The van der Waals surface area contributed by atoms with Crippen LogP contribution in [0.15, 0.2) is 63.9 Å². The van der Waals surface area contributed by atoms with Crippen molar-refractivity contribution in [2.75, 3.05) is 11.2 Å². The fraction of sp³-hybridized carbons (Fsp3) is 0.158. The number of amides is 1.